The molecule has 0 aliphatic carbocycles. The fraction of sp³-hybridized carbons (Fsp3) is 0.529. The fourth-order valence-electron chi connectivity index (χ4n) is 2.55. The standard InChI is InChI=1S/C17H25N3O4/c1-12(16-7-4-9-24-16)19-17(22)18-8-10-23-15-6-3-5-14(11-15)20-13(2)21/h3,5-6,11-12,16H,4,7-10H2,1-2H3,(H,20,21)(H2,18,19,22)/t12-,16+/m0/s1. The Labute approximate surface area is 142 Å². The van der Waals surface area contributed by atoms with Crippen molar-refractivity contribution in [3.8, 4) is 5.75 Å². The molecule has 1 heterocycles. The second-order valence-corrected chi connectivity index (χ2v) is 5.80. The van der Waals surface area contributed by atoms with Gasteiger partial charge < -0.3 is 25.4 Å². The van der Waals surface area contributed by atoms with Gasteiger partial charge in [-0.25, -0.2) is 4.79 Å². The Morgan fingerprint density at radius 1 is 1.42 bits per heavy atom. The van der Waals surface area contributed by atoms with Crippen molar-refractivity contribution in [1.29, 1.82) is 0 Å². The van der Waals surface area contributed by atoms with Crippen LogP contribution in [0.5, 0.6) is 5.75 Å². The van der Waals surface area contributed by atoms with Crippen molar-refractivity contribution in [3.05, 3.63) is 24.3 Å². The number of anilines is 1. The van der Waals surface area contributed by atoms with E-state index in [4.69, 9.17) is 9.47 Å². The minimum Gasteiger partial charge on any atom is -0.492 e. The quantitative estimate of drug-likeness (QED) is 0.664. The minimum atomic E-state index is -0.228. The van der Waals surface area contributed by atoms with E-state index in [0.29, 0.717) is 24.6 Å². The molecule has 1 fully saturated rings. The van der Waals surface area contributed by atoms with Crippen LogP contribution in [0.2, 0.25) is 0 Å². The molecule has 1 aliphatic heterocycles. The van der Waals surface area contributed by atoms with Crippen molar-refractivity contribution >= 4 is 17.6 Å². The molecule has 1 aliphatic rings. The molecule has 3 amide bonds. The van der Waals surface area contributed by atoms with Gasteiger partial charge in [0.15, 0.2) is 0 Å². The summed E-state index contributed by atoms with van der Waals surface area (Å²) in [4.78, 5) is 22.8. The Hall–Kier alpha value is -2.28. The lowest BCUT2D eigenvalue weighted by molar-refractivity contribution is -0.114. The molecule has 0 aromatic heterocycles. The van der Waals surface area contributed by atoms with Crippen molar-refractivity contribution in [3.63, 3.8) is 0 Å². The van der Waals surface area contributed by atoms with Crippen LogP contribution in [0.25, 0.3) is 0 Å². The highest BCUT2D eigenvalue weighted by atomic mass is 16.5. The van der Waals surface area contributed by atoms with E-state index in [-0.39, 0.29) is 24.1 Å². The van der Waals surface area contributed by atoms with Crippen LogP contribution >= 0.6 is 0 Å². The summed E-state index contributed by atoms with van der Waals surface area (Å²) in [5, 5.41) is 8.32. The van der Waals surface area contributed by atoms with Crippen LogP contribution < -0.4 is 20.7 Å². The maximum absolute atomic E-state index is 11.8. The van der Waals surface area contributed by atoms with Crippen molar-refractivity contribution in [1.82, 2.24) is 10.6 Å². The van der Waals surface area contributed by atoms with Gasteiger partial charge in [0, 0.05) is 25.3 Å². The maximum atomic E-state index is 11.8. The van der Waals surface area contributed by atoms with Gasteiger partial charge >= 0.3 is 6.03 Å². The summed E-state index contributed by atoms with van der Waals surface area (Å²) in [6, 6.07) is 6.87. The summed E-state index contributed by atoms with van der Waals surface area (Å²) in [5.41, 5.74) is 0.677. The van der Waals surface area contributed by atoms with Crippen LogP contribution in [0.1, 0.15) is 26.7 Å². The largest absolute Gasteiger partial charge is 0.492 e. The van der Waals surface area contributed by atoms with Gasteiger partial charge in [-0.1, -0.05) is 6.07 Å². The lowest BCUT2D eigenvalue weighted by atomic mass is 10.1. The summed E-state index contributed by atoms with van der Waals surface area (Å²) in [5.74, 6) is 0.502. The first-order chi connectivity index (χ1) is 11.5. The summed E-state index contributed by atoms with van der Waals surface area (Å²) in [6.07, 6.45) is 2.13. The highest BCUT2D eigenvalue weighted by molar-refractivity contribution is 5.88. The van der Waals surface area contributed by atoms with Crippen LogP contribution in [-0.4, -0.2) is 43.8 Å². The van der Waals surface area contributed by atoms with E-state index in [1.54, 1.807) is 24.3 Å². The van der Waals surface area contributed by atoms with Crippen LogP contribution in [0.4, 0.5) is 10.5 Å². The third-order valence-corrected chi connectivity index (χ3v) is 3.69. The van der Waals surface area contributed by atoms with Gasteiger partial charge in [0.1, 0.15) is 12.4 Å². The van der Waals surface area contributed by atoms with Crippen molar-refractivity contribution < 1.29 is 19.1 Å². The number of carbonyl (C=O) groups is 2. The average molecular weight is 335 g/mol. The van der Waals surface area contributed by atoms with E-state index in [9.17, 15) is 9.59 Å². The Morgan fingerprint density at radius 2 is 2.25 bits per heavy atom. The van der Waals surface area contributed by atoms with Crippen molar-refractivity contribution in [2.24, 2.45) is 0 Å². The van der Waals surface area contributed by atoms with E-state index >= 15 is 0 Å². The Morgan fingerprint density at radius 3 is 2.96 bits per heavy atom. The molecular weight excluding hydrogens is 310 g/mol. The third-order valence-electron chi connectivity index (χ3n) is 3.69. The molecule has 0 spiro atoms. The molecule has 24 heavy (non-hydrogen) atoms. The monoisotopic (exact) mass is 335 g/mol. The highest BCUT2D eigenvalue weighted by Crippen LogP contribution is 2.17. The molecular formula is C17H25N3O4. The normalized spacial score (nSPS) is 17.8. The topological polar surface area (TPSA) is 88.7 Å². The highest BCUT2D eigenvalue weighted by Gasteiger charge is 2.23. The molecule has 132 valence electrons. The number of benzene rings is 1. The minimum absolute atomic E-state index is 0.0113. The Bertz CT molecular complexity index is 559. The molecule has 1 aromatic rings. The predicted molar refractivity (Wildman–Crippen MR) is 91.2 cm³/mol. The molecule has 7 heteroatoms. The van der Waals surface area contributed by atoms with Gasteiger partial charge in [-0.05, 0) is 31.9 Å². The zero-order chi connectivity index (χ0) is 17.4. The van der Waals surface area contributed by atoms with Crippen LogP contribution in [0.15, 0.2) is 24.3 Å². The zero-order valence-corrected chi connectivity index (χ0v) is 14.1. The second-order valence-electron chi connectivity index (χ2n) is 5.80. The molecule has 1 saturated heterocycles. The number of carbonyl (C=O) groups excluding carboxylic acids is 2. The molecule has 0 bridgehead atoms. The first kappa shape index (κ1) is 18.1. The molecule has 2 rings (SSSR count). The lowest BCUT2D eigenvalue weighted by Gasteiger charge is -2.20. The van der Waals surface area contributed by atoms with Crippen molar-refractivity contribution in [2.75, 3.05) is 25.1 Å². The first-order valence-electron chi connectivity index (χ1n) is 8.21. The number of rotatable bonds is 7. The van der Waals surface area contributed by atoms with Gasteiger partial charge in [-0.2, -0.15) is 0 Å². The number of urea groups is 1. The van der Waals surface area contributed by atoms with E-state index in [1.165, 1.54) is 6.92 Å². The van der Waals surface area contributed by atoms with E-state index in [1.807, 2.05) is 6.92 Å². The van der Waals surface area contributed by atoms with Gasteiger partial charge in [0.05, 0.1) is 18.7 Å². The Balaban J connectivity index is 1.65. The maximum Gasteiger partial charge on any atom is 0.315 e. The smallest absolute Gasteiger partial charge is 0.315 e. The second kappa shape index (κ2) is 9.12. The molecule has 7 nitrogen and oxygen atoms in total. The summed E-state index contributed by atoms with van der Waals surface area (Å²) in [6.45, 7) is 4.89. The van der Waals surface area contributed by atoms with Crippen LogP contribution in [0.3, 0.4) is 0 Å². The van der Waals surface area contributed by atoms with Crippen molar-refractivity contribution in [2.45, 2.75) is 38.8 Å². The van der Waals surface area contributed by atoms with Gasteiger partial charge in [0.2, 0.25) is 5.91 Å². The molecule has 1 aromatic carbocycles. The van der Waals surface area contributed by atoms with Gasteiger partial charge in [-0.3, -0.25) is 4.79 Å². The van der Waals surface area contributed by atoms with E-state index in [0.717, 1.165) is 19.4 Å². The summed E-state index contributed by atoms with van der Waals surface area (Å²) in [7, 11) is 0. The number of ether oxygens (including phenoxy) is 2. The molecule has 0 radical (unpaired) electrons. The van der Waals surface area contributed by atoms with Crippen LogP contribution in [-0.2, 0) is 9.53 Å². The zero-order valence-electron chi connectivity index (χ0n) is 14.1. The Kier molecular flexibility index (Phi) is 6.87. The molecule has 3 N–H and O–H groups in total. The average Bonchev–Trinajstić information content (AvgIpc) is 3.06. The SMILES string of the molecule is CC(=O)Nc1cccc(OCCNC(=O)N[C@@H](C)[C@H]2CCCO2)c1. The van der Waals surface area contributed by atoms with Gasteiger partial charge in [0.25, 0.3) is 0 Å². The van der Waals surface area contributed by atoms with Gasteiger partial charge in [-0.15, -0.1) is 0 Å². The number of nitrogens with one attached hydrogen (secondary N) is 3. The summed E-state index contributed by atoms with van der Waals surface area (Å²) >= 11 is 0. The number of amides is 3. The van der Waals surface area contributed by atoms with Crippen LogP contribution in [0, 0.1) is 0 Å². The summed E-state index contributed by atoms with van der Waals surface area (Å²) < 4.78 is 11.1. The third kappa shape index (κ3) is 6.08. The predicted octanol–water partition coefficient (Wildman–Crippen LogP) is 1.89. The first-order valence-corrected chi connectivity index (χ1v) is 8.21. The molecule has 0 unspecified atom stereocenters. The lowest BCUT2D eigenvalue weighted by Crippen LogP contribution is -2.46. The van der Waals surface area contributed by atoms with E-state index < -0.39 is 0 Å². The molecule has 0 saturated carbocycles. The number of hydrogen-bond donors (Lipinski definition) is 3. The molecule has 2 atom stereocenters. The van der Waals surface area contributed by atoms with E-state index in [2.05, 4.69) is 16.0 Å². The fourth-order valence-corrected chi connectivity index (χ4v) is 2.55. The number of hydrogen-bond acceptors (Lipinski definition) is 4.